The van der Waals surface area contributed by atoms with Gasteiger partial charge in [0.25, 0.3) is 0 Å². The van der Waals surface area contributed by atoms with Gasteiger partial charge >= 0.3 is 0 Å². The summed E-state index contributed by atoms with van der Waals surface area (Å²) in [6, 6.07) is 6.45. The molecular formula is C17H29NO3. The fraction of sp³-hybridized carbons (Fsp3) is 0.647. The van der Waals surface area contributed by atoms with Gasteiger partial charge in [0, 0.05) is 19.3 Å². The average Bonchev–Trinajstić information content (AvgIpc) is 2.49. The maximum Gasteiger partial charge on any atom is 0.161 e. The minimum Gasteiger partial charge on any atom is -0.490 e. The van der Waals surface area contributed by atoms with Crippen molar-refractivity contribution < 1.29 is 14.2 Å². The van der Waals surface area contributed by atoms with Gasteiger partial charge < -0.3 is 19.5 Å². The van der Waals surface area contributed by atoms with Crippen molar-refractivity contribution in [2.24, 2.45) is 0 Å². The number of benzene rings is 1. The summed E-state index contributed by atoms with van der Waals surface area (Å²) in [7, 11) is 0. The lowest BCUT2D eigenvalue weighted by Crippen LogP contribution is -2.22. The molecule has 1 unspecified atom stereocenters. The summed E-state index contributed by atoms with van der Waals surface area (Å²) in [5.74, 6) is 1.62. The van der Waals surface area contributed by atoms with Crippen LogP contribution in [0.3, 0.4) is 0 Å². The molecule has 0 amide bonds. The molecule has 0 bridgehead atoms. The molecule has 4 heteroatoms. The number of rotatable bonds is 11. The van der Waals surface area contributed by atoms with E-state index in [0.29, 0.717) is 13.2 Å². The Hall–Kier alpha value is -1.26. The van der Waals surface area contributed by atoms with Gasteiger partial charge in [-0.3, -0.25) is 0 Å². The van der Waals surface area contributed by atoms with Gasteiger partial charge in [0.05, 0.1) is 13.2 Å². The van der Waals surface area contributed by atoms with E-state index >= 15 is 0 Å². The summed E-state index contributed by atoms with van der Waals surface area (Å²) in [4.78, 5) is 0. The van der Waals surface area contributed by atoms with Crippen LogP contribution in [0.15, 0.2) is 18.2 Å². The normalized spacial score (nSPS) is 12.2. The van der Waals surface area contributed by atoms with Crippen LogP contribution in [0, 0.1) is 0 Å². The highest BCUT2D eigenvalue weighted by Gasteiger charge is 2.14. The Morgan fingerprint density at radius 3 is 2.29 bits per heavy atom. The summed E-state index contributed by atoms with van der Waals surface area (Å²) in [5, 5.41) is 3.50. The number of nitrogens with one attached hydrogen (secondary N) is 1. The summed E-state index contributed by atoms with van der Waals surface area (Å²) in [6.07, 6.45) is 0.946. The Balaban J connectivity index is 2.88. The van der Waals surface area contributed by atoms with E-state index in [1.807, 2.05) is 26.8 Å². The molecule has 0 saturated carbocycles. The van der Waals surface area contributed by atoms with E-state index in [9.17, 15) is 0 Å². The van der Waals surface area contributed by atoms with Crippen LogP contribution in [0.25, 0.3) is 0 Å². The lowest BCUT2D eigenvalue weighted by atomic mass is 10.0. The first-order valence-electron chi connectivity index (χ1n) is 7.97. The molecule has 0 saturated heterocycles. The largest absolute Gasteiger partial charge is 0.490 e. The first-order chi connectivity index (χ1) is 10.3. The highest BCUT2D eigenvalue weighted by molar-refractivity contribution is 5.44. The zero-order chi connectivity index (χ0) is 15.5. The van der Waals surface area contributed by atoms with Crippen molar-refractivity contribution in [1.29, 1.82) is 0 Å². The Morgan fingerprint density at radius 1 is 0.952 bits per heavy atom. The van der Waals surface area contributed by atoms with E-state index in [1.54, 1.807) is 0 Å². The van der Waals surface area contributed by atoms with Crippen LogP contribution < -0.4 is 14.8 Å². The van der Waals surface area contributed by atoms with Gasteiger partial charge in [-0.25, -0.2) is 0 Å². The fourth-order valence-electron chi connectivity index (χ4n) is 2.26. The van der Waals surface area contributed by atoms with Crippen LogP contribution in [0.1, 0.15) is 45.7 Å². The highest BCUT2D eigenvalue weighted by Crippen LogP contribution is 2.31. The SMILES string of the molecule is CCNC(CCOCC)c1ccc(OCC)c(OCC)c1. The third-order valence-corrected chi connectivity index (χ3v) is 3.18. The van der Waals surface area contributed by atoms with Crippen LogP contribution in [-0.2, 0) is 4.74 Å². The summed E-state index contributed by atoms with van der Waals surface area (Å²) >= 11 is 0. The van der Waals surface area contributed by atoms with Crippen molar-refractivity contribution in [3.05, 3.63) is 23.8 Å². The second-order valence-corrected chi connectivity index (χ2v) is 4.67. The van der Waals surface area contributed by atoms with E-state index in [-0.39, 0.29) is 6.04 Å². The molecule has 0 spiro atoms. The maximum atomic E-state index is 5.70. The number of ether oxygens (including phenoxy) is 3. The van der Waals surface area contributed by atoms with Gasteiger partial charge in [-0.15, -0.1) is 0 Å². The minimum atomic E-state index is 0.274. The summed E-state index contributed by atoms with van der Waals surface area (Å²) in [5.41, 5.74) is 1.21. The molecule has 0 radical (unpaired) electrons. The predicted molar refractivity (Wildman–Crippen MR) is 86.3 cm³/mol. The van der Waals surface area contributed by atoms with E-state index in [4.69, 9.17) is 14.2 Å². The van der Waals surface area contributed by atoms with Crippen LogP contribution >= 0.6 is 0 Å². The first kappa shape index (κ1) is 17.8. The van der Waals surface area contributed by atoms with Crippen LogP contribution in [0.5, 0.6) is 11.5 Å². The van der Waals surface area contributed by atoms with Gasteiger partial charge in [0.2, 0.25) is 0 Å². The Bertz CT molecular complexity index is 396. The summed E-state index contributed by atoms with van der Waals surface area (Å²) < 4.78 is 16.8. The molecule has 0 aliphatic heterocycles. The van der Waals surface area contributed by atoms with Crippen molar-refractivity contribution in [1.82, 2.24) is 5.32 Å². The zero-order valence-corrected chi connectivity index (χ0v) is 13.8. The van der Waals surface area contributed by atoms with Gasteiger partial charge in [0.15, 0.2) is 11.5 Å². The van der Waals surface area contributed by atoms with Gasteiger partial charge in [-0.05, 0) is 51.4 Å². The quantitative estimate of drug-likeness (QED) is 0.634. The third kappa shape index (κ3) is 5.94. The lowest BCUT2D eigenvalue weighted by molar-refractivity contribution is 0.136. The molecule has 0 aliphatic carbocycles. The molecule has 0 aromatic heterocycles. The first-order valence-corrected chi connectivity index (χ1v) is 7.97. The Morgan fingerprint density at radius 2 is 1.67 bits per heavy atom. The van der Waals surface area contributed by atoms with Crippen molar-refractivity contribution in [2.75, 3.05) is 33.0 Å². The van der Waals surface area contributed by atoms with Crippen LogP contribution in [0.4, 0.5) is 0 Å². The highest BCUT2D eigenvalue weighted by atomic mass is 16.5. The molecular weight excluding hydrogens is 266 g/mol. The van der Waals surface area contributed by atoms with E-state index in [0.717, 1.165) is 37.7 Å². The molecule has 0 heterocycles. The third-order valence-electron chi connectivity index (χ3n) is 3.18. The van der Waals surface area contributed by atoms with E-state index < -0.39 is 0 Å². The molecule has 0 aliphatic rings. The van der Waals surface area contributed by atoms with E-state index in [1.165, 1.54) is 5.56 Å². The van der Waals surface area contributed by atoms with Crippen LogP contribution in [-0.4, -0.2) is 33.0 Å². The number of hydrogen-bond donors (Lipinski definition) is 1. The van der Waals surface area contributed by atoms with Crippen molar-refractivity contribution in [3.63, 3.8) is 0 Å². The molecule has 21 heavy (non-hydrogen) atoms. The average molecular weight is 295 g/mol. The Kier molecular flexibility index (Phi) is 8.87. The molecule has 120 valence electrons. The van der Waals surface area contributed by atoms with Crippen molar-refractivity contribution in [3.8, 4) is 11.5 Å². The monoisotopic (exact) mass is 295 g/mol. The molecule has 1 atom stereocenters. The molecule has 4 nitrogen and oxygen atoms in total. The summed E-state index contributed by atoms with van der Waals surface area (Å²) in [6.45, 7) is 11.8. The molecule has 1 aromatic rings. The van der Waals surface area contributed by atoms with Gasteiger partial charge in [0.1, 0.15) is 0 Å². The van der Waals surface area contributed by atoms with E-state index in [2.05, 4.69) is 24.4 Å². The topological polar surface area (TPSA) is 39.7 Å². The van der Waals surface area contributed by atoms with Gasteiger partial charge in [-0.2, -0.15) is 0 Å². The Labute approximate surface area is 128 Å². The second kappa shape index (κ2) is 10.5. The minimum absolute atomic E-state index is 0.274. The van der Waals surface area contributed by atoms with Crippen molar-refractivity contribution in [2.45, 2.75) is 40.2 Å². The zero-order valence-electron chi connectivity index (χ0n) is 13.8. The molecule has 1 N–H and O–H groups in total. The molecule has 1 rings (SSSR count). The molecule has 1 aromatic carbocycles. The number of hydrogen-bond acceptors (Lipinski definition) is 4. The van der Waals surface area contributed by atoms with Gasteiger partial charge in [-0.1, -0.05) is 13.0 Å². The van der Waals surface area contributed by atoms with Crippen molar-refractivity contribution >= 4 is 0 Å². The lowest BCUT2D eigenvalue weighted by Gasteiger charge is -2.20. The standard InChI is InChI=1S/C17H29NO3/c1-5-18-15(11-12-19-6-2)14-9-10-16(20-7-3)17(13-14)21-8-4/h9-10,13,15,18H,5-8,11-12H2,1-4H3. The van der Waals surface area contributed by atoms with Crippen LogP contribution in [0.2, 0.25) is 0 Å². The second-order valence-electron chi connectivity index (χ2n) is 4.67. The fourth-order valence-corrected chi connectivity index (χ4v) is 2.26. The molecule has 0 fully saturated rings. The maximum absolute atomic E-state index is 5.70. The smallest absolute Gasteiger partial charge is 0.161 e. The predicted octanol–water partition coefficient (Wildman–Crippen LogP) is 3.56.